The minimum atomic E-state index is -1.80. The number of carbonyl (C=O) groups excluding carboxylic acids is 9. The molecule has 0 heterocycles. The van der Waals surface area contributed by atoms with Crippen LogP contribution >= 0.6 is 11.8 Å². The van der Waals surface area contributed by atoms with Crippen molar-refractivity contribution in [2.75, 3.05) is 31.6 Å². The largest absolute Gasteiger partial charge is 0.481 e. The Labute approximate surface area is 422 Å². The fourth-order valence-corrected chi connectivity index (χ4v) is 7.34. The number of unbranched alkanes of at least 4 members (excludes halogenated alkanes) is 1. The first-order valence-electron chi connectivity index (χ1n) is 23.3. The molecule has 0 saturated heterocycles. The van der Waals surface area contributed by atoms with Crippen LogP contribution in [0.1, 0.15) is 90.5 Å². The molecule has 0 aliphatic carbocycles. The van der Waals surface area contributed by atoms with Crippen molar-refractivity contribution in [1.82, 2.24) is 42.5 Å². The van der Waals surface area contributed by atoms with Gasteiger partial charge < -0.3 is 75.7 Å². The Morgan fingerprint density at radius 2 is 1.15 bits per heavy atom. The van der Waals surface area contributed by atoms with E-state index in [1.807, 2.05) is 0 Å². The predicted octanol–water partition coefficient (Wildman–Crippen LogP) is -3.43. The standard InChI is InChI=1S/C45H73N13O13S/c1-25(2)21-32(38(64)51-24-36(61)53-31(44(70)71)14-10-19-50-45(48)49)57-40(66)29(15-16-35(47)60)55-41(67)30(17-20-72-4)56-43(69)34(23-37(62)63)58-39(65)28(13-8-9-18-46)54-42(68)33(52-26(3)59)22-27-11-6-5-7-12-27/h5-7,11-12,25,28-34H,8-10,13-24,46H2,1-4H3,(H2,47,60)(H,51,64)(H,52,59)(H,53,61)(H,54,68)(H,55,67)(H,56,69)(H,57,66)(H,58,65)(H,62,63)(H,70,71)(H4,48,49,50)/t28-,29-,30-,31-,32-,33-,34-/m0/s1. The first kappa shape index (κ1) is 63.0. The van der Waals surface area contributed by atoms with Crippen LogP contribution in [0, 0.1) is 5.92 Å². The zero-order chi connectivity index (χ0) is 54.3. The molecule has 1 rings (SSSR count). The van der Waals surface area contributed by atoms with Gasteiger partial charge in [-0.3, -0.25) is 52.9 Å². The molecule has 0 unspecified atom stereocenters. The number of aliphatic carboxylic acids is 2. The molecule has 27 heteroatoms. The van der Waals surface area contributed by atoms with E-state index in [4.69, 9.17) is 22.9 Å². The number of primary amides is 1. The second-order valence-electron chi connectivity index (χ2n) is 17.2. The normalized spacial score (nSPS) is 13.8. The summed E-state index contributed by atoms with van der Waals surface area (Å²) in [5.74, 6) is -10.8. The number of nitrogens with two attached hydrogens (primary N) is 4. The molecule has 0 saturated carbocycles. The van der Waals surface area contributed by atoms with E-state index < -0.39 is 127 Å². The smallest absolute Gasteiger partial charge is 0.326 e. The number of nitrogens with zero attached hydrogens (tertiary/aromatic N) is 1. The number of aliphatic imine (C=N–C) groups is 1. The van der Waals surface area contributed by atoms with Gasteiger partial charge in [0.15, 0.2) is 5.96 Å². The van der Waals surface area contributed by atoms with Crippen LogP contribution in [0.15, 0.2) is 35.3 Å². The molecule has 1 aromatic carbocycles. The number of hydrogen-bond donors (Lipinski definition) is 14. The molecule has 7 atom stereocenters. The van der Waals surface area contributed by atoms with Crippen LogP contribution in [0.2, 0.25) is 0 Å². The van der Waals surface area contributed by atoms with E-state index in [0.29, 0.717) is 18.4 Å². The Morgan fingerprint density at radius 1 is 0.625 bits per heavy atom. The average Bonchev–Trinajstić information content (AvgIpc) is 3.30. The van der Waals surface area contributed by atoms with Crippen molar-refractivity contribution in [3.05, 3.63) is 35.9 Å². The number of hydrogen-bond acceptors (Lipinski definition) is 14. The summed E-state index contributed by atoms with van der Waals surface area (Å²) < 4.78 is 0. The van der Waals surface area contributed by atoms with Gasteiger partial charge >= 0.3 is 11.9 Å². The Balaban J connectivity index is 3.34. The summed E-state index contributed by atoms with van der Waals surface area (Å²) in [5, 5.41) is 39.0. The van der Waals surface area contributed by atoms with Gasteiger partial charge in [0, 0.05) is 26.3 Å². The van der Waals surface area contributed by atoms with Gasteiger partial charge in [-0.05, 0) is 81.4 Å². The van der Waals surface area contributed by atoms with Gasteiger partial charge in [0.25, 0.3) is 0 Å². The number of thioether (sulfide) groups is 1. The first-order chi connectivity index (χ1) is 34.0. The summed E-state index contributed by atoms with van der Waals surface area (Å²) >= 11 is 1.28. The molecule has 0 fully saturated rings. The van der Waals surface area contributed by atoms with Crippen molar-refractivity contribution in [1.29, 1.82) is 0 Å². The molecule has 0 spiro atoms. The fraction of sp³-hybridized carbons (Fsp3) is 0.600. The van der Waals surface area contributed by atoms with Crippen LogP contribution in [0.25, 0.3) is 0 Å². The van der Waals surface area contributed by atoms with Gasteiger partial charge in [-0.15, -0.1) is 0 Å². The Morgan fingerprint density at radius 3 is 1.67 bits per heavy atom. The molecule has 72 heavy (non-hydrogen) atoms. The topological polar surface area (TPSA) is 441 Å². The highest BCUT2D eigenvalue weighted by molar-refractivity contribution is 7.98. The maximum absolute atomic E-state index is 14.0. The van der Waals surface area contributed by atoms with E-state index in [9.17, 15) is 63.0 Å². The summed E-state index contributed by atoms with van der Waals surface area (Å²) in [6.07, 6.45) is 0.886. The number of nitrogens with one attached hydrogen (secondary N) is 8. The van der Waals surface area contributed by atoms with Gasteiger partial charge in [-0.25, -0.2) is 4.79 Å². The van der Waals surface area contributed by atoms with Gasteiger partial charge in [0.1, 0.15) is 42.3 Å². The lowest BCUT2D eigenvalue weighted by Crippen LogP contribution is -2.60. The molecule has 0 aliphatic rings. The first-order valence-corrected chi connectivity index (χ1v) is 24.7. The summed E-state index contributed by atoms with van der Waals surface area (Å²) in [5.41, 5.74) is 22.3. The summed E-state index contributed by atoms with van der Waals surface area (Å²) in [7, 11) is 0. The number of benzene rings is 1. The Hall–Kier alpha value is -7.03. The molecular weight excluding hydrogens is 963 g/mol. The summed E-state index contributed by atoms with van der Waals surface area (Å²) in [4.78, 5) is 147. The summed E-state index contributed by atoms with van der Waals surface area (Å²) in [6, 6.07) is -1.16. The highest BCUT2D eigenvalue weighted by atomic mass is 32.2. The maximum Gasteiger partial charge on any atom is 0.326 e. The van der Waals surface area contributed by atoms with E-state index >= 15 is 0 Å². The quantitative estimate of drug-likeness (QED) is 0.0177. The Bertz CT molecular complexity index is 2030. The lowest BCUT2D eigenvalue weighted by Gasteiger charge is -2.27. The van der Waals surface area contributed by atoms with E-state index in [1.165, 1.54) is 18.7 Å². The molecule has 0 bridgehead atoms. The van der Waals surface area contributed by atoms with Gasteiger partial charge in [0.05, 0.1) is 13.0 Å². The van der Waals surface area contributed by atoms with Gasteiger partial charge in [0.2, 0.25) is 53.2 Å². The third-order valence-electron chi connectivity index (χ3n) is 10.5. The van der Waals surface area contributed by atoms with Gasteiger partial charge in [-0.1, -0.05) is 44.2 Å². The van der Waals surface area contributed by atoms with Crippen LogP contribution in [0.3, 0.4) is 0 Å². The van der Waals surface area contributed by atoms with Crippen LogP contribution < -0.4 is 65.5 Å². The SMILES string of the molecule is CSCC[C@H](NC(=O)[C@H](CC(=O)O)NC(=O)[C@H](CCCCN)NC(=O)[C@H](Cc1ccccc1)NC(C)=O)C(=O)N[C@@H](CCC(N)=O)C(=O)N[C@@H](CC(C)C)C(=O)NCC(=O)N[C@@H](CCCN=C(N)N)C(=O)O. The lowest BCUT2D eigenvalue weighted by atomic mass is 10.0. The minimum Gasteiger partial charge on any atom is -0.481 e. The number of rotatable bonds is 36. The third-order valence-corrected chi connectivity index (χ3v) is 11.1. The molecule has 26 nitrogen and oxygen atoms in total. The Kier molecular flexibility index (Phi) is 30.0. The molecule has 1 aromatic rings. The van der Waals surface area contributed by atoms with E-state index in [0.717, 1.165) is 0 Å². The molecule has 9 amide bonds. The van der Waals surface area contributed by atoms with Crippen LogP contribution in [0.5, 0.6) is 0 Å². The molecule has 0 radical (unpaired) electrons. The molecule has 0 aromatic heterocycles. The van der Waals surface area contributed by atoms with Crippen molar-refractivity contribution >= 4 is 82.8 Å². The van der Waals surface area contributed by atoms with E-state index in [1.54, 1.807) is 50.4 Å². The van der Waals surface area contributed by atoms with Crippen molar-refractivity contribution in [2.45, 2.75) is 134 Å². The van der Waals surface area contributed by atoms with Crippen molar-refractivity contribution in [3.8, 4) is 0 Å². The molecule has 18 N–H and O–H groups in total. The van der Waals surface area contributed by atoms with Gasteiger partial charge in [-0.2, -0.15) is 11.8 Å². The predicted molar refractivity (Wildman–Crippen MR) is 266 cm³/mol. The third kappa shape index (κ3) is 26.8. The second kappa shape index (κ2) is 34.3. The zero-order valence-corrected chi connectivity index (χ0v) is 42.0. The molecular formula is C45H73N13O13S. The highest BCUT2D eigenvalue weighted by Gasteiger charge is 2.34. The fourth-order valence-electron chi connectivity index (χ4n) is 6.87. The highest BCUT2D eigenvalue weighted by Crippen LogP contribution is 2.11. The summed E-state index contributed by atoms with van der Waals surface area (Å²) in [6.45, 7) is 4.37. The number of carboxylic acid groups (broad SMARTS) is 2. The van der Waals surface area contributed by atoms with Crippen LogP contribution in [-0.4, -0.2) is 155 Å². The van der Waals surface area contributed by atoms with Crippen molar-refractivity contribution in [2.24, 2.45) is 33.8 Å². The van der Waals surface area contributed by atoms with E-state index in [2.05, 4.69) is 47.5 Å². The molecule has 0 aliphatic heterocycles. The zero-order valence-electron chi connectivity index (χ0n) is 41.2. The lowest BCUT2D eigenvalue weighted by molar-refractivity contribution is -0.142. The average molecular weight is 1040 g/mol. The number of guanidine groups is 1. The van der Waals surface area contributed by atoms with Crippen molar-refractivity contribution in [3.63, 3.8) is 0 Å². The molecule has 402 valence electrons. The monoisotopic (exact) mass is 1040 g/mol. The minimum absolute atomic E-state index is 0.00764. The van der Waals surface area contributed by atoms with Crippen LogP contribution in [-0.2, 0) is 59.2 Å². The number of carboxylic acids is 2. The van der Waals surface area contributed by atoms with E-state index in [-0.39, 0.29) is 75.7 Å². The number of carbonyl (C=O) groups is 11. The number of amides is 9. The van der Waals surface area contributed by atoms with Crippen LogP contribution in [0.4, 0.5) is 0 Å². The van der Waals surface area contributed by atoms with Crippen molar-refractivity contribution < 1.29 is 63.0 Å². The second-order valence-corrected chi connectivity index (χ2v) is 18.2. The maximum atomic E-state index is 14.0.